The van der Waals surface area contributed by atoms with Crippen molar-refractivity contribution in [3.05, 3.63) is 64.6 Å². The van der Waals surface area contributed by atoms with E-state index in [-0.39, 0.29) is 17.6 Å². The number of hydrogen-bond donors (Lipinski definition) is 2. The molecule has 0 radical (unpaired) electrons. The summed E-state index contributed by atoms with van der Waals surface area (Å²) in [5, 5.41) is 3.18. The molecule has 0 atom stereocenters. The second-order valence-corrected chi connectivity index (χ2v) is 7.40. The molecule has 28 heavy (non-hydrogen) atoms. The molecule has 0 unspecified atom stereocenters. The Hall–Kier alpha value is -2.60. The topological polar surface area (TPSA) is 68.4 Å². The second kappa shape index (κ2) is 10.1. The molecule has 1 aromatic heterocycles. The van der Waals surface area contributed by atoms with Crippen LogP contribution >= 0.6 is 0 Å². The molecule has 1 aliphatic rings. The summed E-state index contributed by atoms with van der Waals surface area (Å²) >= 11 is 0. The van der Waals surface area contributed by atoms with Crippen LogP contribution in [-0.4, -0.2) is 41.6 Å². The number of hydrogen-bond acceptors (Lipinski definition) is 3. The summed E-state index contributed by atoms with van der Waals surface area (Å²) in [7, 11) is 0. The maximum atomic E-state index is 12.9. The van der Waals surface area contributed by atoms with Crippen molar-refractivity contribution in [2.24, 2.45) is 0 Å². The van der Waals surface area contributed by atoms with Gasteiger partial charge in [0.1, 0.15) is 0 Å². The van der Waals surface area contributed by atoms with Crippen LogP contribution in [0.2, 0.25) is 0 Å². The average molecular weight is 383 g/mol. The minimum absolute atomic E-state index is 0.111. The van der Waals surface area contributed by atoms with Crippen LogP contribution < -0.4 is 15.8 Å². The van der Waals surface area contributed by atoms with Gasteiger partial charge in [0, 0.05) is 44.5 Å². The molecule has 0 saturated carbocycles. The maximum absolute atomic E-state index is 12.9. The minimum atomic E-state index is -0.194. The van der Waals surface area contributed by atoms with Gasteiger partial charge in [-0.2, -0.15) is 0 Å². The summed E-state index contributed by atoms with van der Waals surface area (Å²) in [5.41, 5.74) is 1.78. The first-order chi connectivity index (χ1) is 13.7. The smallest absolute Gasteiger partial charge is 0.322 e. The van der Waals surface area contributed by atoms with Gasteiger partial charge >= 0.3 is 6.03 Å². The standard InChI is InChI=1S/C22H30N4O2/c1-2-3-13-26(20-9-12-23-21(27)16-20)22(28)24-19-10-14-25(15-11-19)17-18-7-5-4-6-8-18/h4-9,12,16,19H,2-3,10-11,13-15,17H2,1H3,(H,23,27)(H,24,28). The Balaban J connectivity index is 1.54. The lowest BCUT2D eigenvalue weighted by atomic mass is 10.0. The first kappa shape index (κ1) is 20.1. The summed E-state index contributed by atoms with van der Waals surface area (Å²) < 4.78 is 0. The lowest BCUT2D eigenvalue weighted by Crippen LogP contribution is -2.49. The van der Waals surface area contributed by atoms with Gasteiger partial charge < -0.3 is 10.3 Å². The number of rotatable bonds is 7. The molecule has 1 fully saturated rings. The quantitative estimate of drug-likeness (QED) is 0.772. The van der Waals surface area contributed by atoms with E-state index in [0.29, 0.717) is 12.2 Å². The molecule has 0 bridgehead atoms. The highest BCUT2D eigenvalue weighted by Crippen LogP contribution is 2.16. The molecular formula is C22H30N4O2. The van der Waals surface area contributed by atoms with Crippen molar-refractivity contribution >= 4 is 11.7 Å². The van der Waals surface area contributed by atoms with E-state index in [4.69, 9.17) is 0 Å². The number of anilines is 1. The Labute approximate surface area is 166 Å². The number of piperidine rings is 1. The number of pyridine rings is 1. The number of amides is 2. The number of aromatic nitrogens is 1. The normalized spacial score (nSPS) is 15.3. The van der Waals surface area contributed by atoms with Gasteiger partial charge in [-0.15, -0.1) is 0 Å². The molecule has 1 aliphatic heterocycles. The molecule has 6 nitrogen and oxygen atoms in total. The monoisotopic (exact) mass is 382 g/mol. The average Bonchev–Trinajstić information content (AvgIpc) is 2.71. The number of H-pyrrole nitrogens is 1. The van der Waals surface area contributed by atoms with E-state index in [1.54, 1.807) is 17.2 Å². The molecule has 2 aromatic rings. The van der Waals surface area contributed by atoms with Crippen molar-refractivity contribution in [3.8, 4) is 0 Å². The number of likely N-dealkylation sites (tertiary alicyclic amines) is 1. The molecule has 6 heteroatoms. The Morgan fingerprint density at radius 1 is 1.21 bits per heavy atom. The number of nitrogens with one attached hydrogen (secondary N) is 2. The van der Waals surface area contributed by atoms with Crippen LogP contribution in [0.5, 0.6) is 0 Å². The molecular weight excluding hydrogens is 352 g/mol. The number of aromatic amines is 1. The summed E-state index contributed by atoms with van der Waals surface area (Å²) in [5.74, 6) is 0. The predicted molar refractivity (Wildman–Crippen MR) is 113 cm³/mol. The lowest BCUT2D eigenvalue weighted by Gasteiger charge is -2.34. The third-order valence-electron chi connectivity index (χ3n) is 5.21. The van der Waals surface area contributed by atoms with Gasteiger partial charge in [-0.3, -0.25) is 14.6 Å². The molecule has 2 amide bonds. The largest absolute Gasteiger partial charge is 0.335 e. The van der Waals surface area contributed by atoms with Crippen LogP contribution in [0.25, 0.3) is 0 Å². The molecule has 0 aliphatic carbocycles. The summed E-state index contributed by atoms with van der Waals surface area (Å²) in [6.07, 6.45) is 5.36. The Morgan fingerprint density at radius 2 is 1.96 bits per heavy atom. The Bertz CT molecular complexity index is 797. The van der Waals surface area contributed by atoms with Crippen LogP contribution in [0.15, 0.2) is 53.5 Å². The van der Waals surface area contributed by atoms with Gasteiger partial charge in [-0.1, -0.05) is 43.7 Å². The van der Waals surface area contributed by atoms with Crippen LogP contribution in [0.4, 0.5) is 10.5 Å². The van der Waals surface area contributed by atoms with E-state index in [9.17, 15) is 9.59 Å². The Morgan fingerprint density at radius 3 is 2.64 bits per heavy atom. The number of carbonyl (C=O) groups is 1. The number of urea groups is 1. The zero-order valence-corrected chi connectivity index (χ0v) is 16.6. The van der Waals surface area contributed by atoms with Crippen molar-refractivity contribution in [1.82, 2.24) is 15.2 Å². The predicted octanol–water partition coefficient (Wildman–Crippen LogP) is 3.36. The zero-order chi connectivity index (χ0) is 19.8. The van der Waals surface area contributed by atoms with Gasteiger partial charge in [0.25, 0.3) is 0 Å². The maximum Gasteiger partial charge on any atom is 0.322 e. The molecule has 2 N–H and O–H groups in total. The van der Waals surface area contributed by atoms with E-state index in [1.807, 2.05) is 6.07 Å². The number of nitrogens with zero attached hydrogens (tertiary/aromatic N) is 2. The molecule has 3 rings (SSSR count). The molecule has 0 spiro atoms. The zero-order valence-electron chi connectivity index (χ0n) is 16.6. The highest BCUT2D eigenvalue weighted by atomic mass is 16.2. The molecule has 150 valence electrons. The van der Waals surface area contributed by atoms with Gasteiger partial charge in [-0.25, -0.2) is 4.79 Å². The van der Waals surface area contributed by atoms with Gasteiger partial charge in [0.2, 0.25) is 5.56 Å². The van der Waals surface area contributed by atoms with E-state index in [0.717, 1.165) is 45.3 Å². The minimum Gasteiger partial charge on any atom is -0.335 e. The molecule has 1 saturated heterocycles. The Kier molecular flexibility index (Phi) is 7.25. The van der Waals surface area contributed by atoms with Crippen molar-refractivity contribution in [2.45, 2.75) is 45.2 Å². The van der Waals surface area contributed by atoms with E-state index >= 15 is 0 Å². The fraction of sp³-hybridized carbons (Fsp3) is 0.455. The van der Waals surface area contributed by atoms with Crippen molar-refractivity contribution in [3.63, 3.8) is 0 Å². The summed E-state index contributed by atoms with van der Waals surface area (Å²) in [6.45, 7) is 5.60. The summed E-state index contributed by atoms with van der Waals surface area (Å²) in [6, 6.07) is 13.8. The number of carbonyl (C=O) groups excluding carboxylic acids is 1. The fourth-order valence-corrected chi connectivity index (χ4v) is 3.59. The van der Waals surface area contributed by atoms with Crippen LogP contribution in [0.3, 0.4) is 0 Å². The second-order valence-electron chi connectivity index (χ2n) is 7.40. The lowest BCUT2D eigenvalue weighted by molar-refractivity contribution is 0.188. The fourth-order valence-electron chi connectivity index (χ4n) is 3.59. The van der Waals surface area contributed by atoms with E-state index in [2.05, 4.69) is 46.4 Å². The third kappa shape index (κ3) is 5.70. The highest BCUT2D eigenvalue weighted by molar-refractivity contribution is 5.92. The van der Waals surface area contributed by atoms with Crippen LogP contribution in [0.1, 0.15) is 38.2 Å². The van der Waals surface area contributed by atoms with Gasteiger partial charge in [-0.05, 0) is 30.9 Å². The van der Waals surface area contributed by atoms with E-state index in [1.165, 1.54) is 11.6 Å². The summed E-state index contributed by atoms with van der Waals surface area (Å²) in [4.78, 5) is 31.3. The highest BCUT2D eigenvalue weighted by Gasteiger charge is 2.23. The van der Waals surface area contributed by atoms with Crippen LogP contribution in [0, 0.1) is 0 Å². The van der Waals surface area contributed by atoms with Crippen molar-refractivity contribution in [2.75, 3.05) is 24.5 Å². The SMILES string of the molecule is CCCCN(C(=O)NC1CCN(Cc2ccccc2)CC1)c1cc[nH]c(=O)c1. The van der Waals surface area contributed by atoms with Crippen LogP contribution in [-0.2, 0) is 6.54 Å². The van der Waals surface area contributed by atoms with Gasteiger partial charge in [0.15, 0.2) is 0 Å². The first-order valence-corrected chi connectivity index (χ1v) is 10.2. The van der Waals surface area contributed by atoms with Gasteiger partial charge in [0.05, 0.1) is 5.69 Å². The third-order valence-corrected chi connectivity index (χ3v) is 5.21. The van der Waals surface area contributed by atoms with Crippen molar-refractivity contribution in [1.29, 1.82) is 0 Å². The number of benzene rings is 1. The molecule has 2 heterocycles. The van der Waals surface area contributed by atoms with Crippen molar-refractivity contribution < 1.29 is 4.79 Å². The first-order valence-electron chi connectivity index (χ1n) is 10.2. The number of unbranched alkanes of at least 4 members (excludes halogenated alkanes) is 1. The van der Waals surface area contributed by atoms with E-state index < -0.39 is 0 Å². The molecule has 1 aromatic carbocycles.